The number of nitrogens with zero attached hydrogens (tertiary/aromatic N) is 2. The van der Waals surface area contributed by atoms with E-state index in [0.29, 0.717) is 28.1 Å². The monoisotopic (exact) mass is 382 g/mol. The number of rotatable bonds is 5. The molecule has 3 rings (SSSR count). The molecular formula is C19H18N4O5. The number of hydrogen-bond acceptors (Lipinski definition) is 7. The molecule has 1 unspecified atom stereocenters. The van der Waals surface area contributed by atoms with Crippen LogP contribution in [0.15, 0.2) is 66.1 Å². The quantitative estimate of drug-likeness (QED) is 0.409. The van der Waals surface area contributed by atoms with Crippen LogP contribution in [0.1, 0.15) is 24.1 Å². The number of pyridine rings is 1. The van der Waals surface area contributed by atoms with Gasteiger partial charge in [-0.05, 0) is 24.0 Å². The fraction of sp³-hybridized carbons (Fsp3) is 0.158. The topological polar surface area (TPSA) is 127 Å². The van der Waals surface area contributed by atoms with Gasteiger partial charge >= 0.3 is 11.8 Å². The van der Waals surface area contributed by atoms with Crippen LogP contribution in [0.3, 0.4) is 0 Å². The van der Waals surface area contributed by atoms with Crippen molar-refractivity contribution in [3.63, 3.8) is 0 Å². The summed E-state index contributed by atoms with van der Waals surface area (Å²) in [7, 11) is 1.44. The Hall–Kier alpha value is -3.88. The van der Waals surface area contributed by atoms with Gasteiger partial charge in [0.15, 0.2) is 6.04 Å². The molecule has 0 spiro atoms. The van der Waals surface area contributed by atoms with Crippen LogP contribution in [0.25, 0.3) is 5.57 Å². The molecular weight excluding hydrogens is 364 g/mol. The normalized spacial score (nSPS) is 16.7. The lowest BCUT2D eigenvalue weighted by atomic mass is 10.0. The van der Waals surface area contributed by atoms with E-state index < -0.39 is 16.9 Å². The maximum absolute atomic E-state index is 11.9. The lowest BCUT2D eigenvalue weighted by molar-refractivity contribution is -0.423. The van der Waals surface area contributed by atoms with E-state index in [1.807, 2.05) is 0 Å². The fourth-order valence-electron chi connectivity index (χ4n) is 3.00. The van der Waals surface area contributed by atoms with E-state index in [1.165, 1.54) is 13.3 Å². The van der Waals surface area contributed by atoms with E-state index in [-0.39, 0.29) is 11.5 Å². The molecule has 9 nitrogen and oxygen atoms in total. The van der Waals surface area contributed by atoms with Gasteiger partial charge in [0.2, 0.25) is 0 Å². The Labute approximate surface area is 160 Å². The predicted molar refractivity (Wildman–Crippen MR) is 101 cm³/mol. The standard InChI is InChI=1S/C19H18N4O5/c1-11(28-2)15(12-6-5-9-20-10-12)17-18(23(26)27)21-14-8-4-3-7-13(14)16(22-17)19(24)25/h3-10,16,21-22H,1-2H3,(H,24,25)/b15-11-. The van der Waals surface area contributed by atoms with Crippen molar-refractivity contribution in [2.75, 3.05) is 12.4 Å². The molecule has 0 radical (unpaired) electrons. The Morgan fingerprint density at radius 2 is 2.04 bits per heavy atom. The predicted octanol–water partition coefficient (Wildman–Crippen LogP) is 2.75. The lowest BCUT2D eigenvalue weighted by Gasteiger charge is -2.19. The van der Waals surface area contributed by atoms with Crippen molar-refractivity contribution in [2.45, 2.75) is 13.0 Å². The van der Waals surface area contributed by atoms with E-state index in [9.17, 15) is 20.0 Å². The first-order chi connectivity index (χ1) is 13.4. The number of ether oxygens (including phenoxy) is 1. The number of fused-ring (bicyclic) bond motifs is 1. The molecule has 144 valence electrons. The van der Waals surface area contributed by atoms with Gasteiger partial charge in [-0.15, -0.1) is 0 Å². The molecule has 28 heavy (non-hydrogen) atoms. The molecule has 2 aromatic rings. The summed E-state index contributed by atoms with van der Waals surface area (Å²) in [4.78, 5) is 27.3. The van der Waals surface area contributed by atoms with Crippen molar-refractivity contribution in [2.24, 2.45) is 0 Å². The van der Waals surface area contributed by atoms with E-state index in [1.54, 1.807) is 49.5 Å². The van der Waals surface area contributed by atoms with Gasteiger partial charge in [0.05, 0.1) is 12.7 Å². The Balaban J connectivity index is 2.29. The molecule has 0 saturated heterocycles. The summed E-state index contributed by atoms with van der Waals surface area (Å²) in [5, 5.41) is 27.2. The van der Waals surface area contributed by atoms with Crippen molar-refractivity contribution >= 4 is 17.2 Å². The summed E-state index contributed by atoms with van der Waals surface area (Å²) in [6.45, 7) is 1.64. The summed E-state index contributed by atoms with van der Waals surface area (Å²) in [6, 6.07) is 8.73. The Kier molecular flexibility index (Phi) is 5.25. The van der Waals surface area contributed by atoms with Gasteiger partial charge in [-0.25, -0.2) is 10.1 Å². The maximum atomic E-state index is 11.9. The second kappa shape index (κ2) is 7.78. The third-order valence-corrected chi connectivity index (χ3v) is 4.34. The van der Waals surface area contributed by atoms with Gasteiger partial charge in [0, 0.05) is 23.5 Å². The second-order valence-electron chi connectivity index (χ2n) is 5.99. The summed E-state index contributed by atoms with van der Waals surface area (Å²) >= 11 is 0. The number of anilines is 1. The summed E-state index contributed by atoms with van der Waals surface area (Å²) in [5.74, 6) is -1.19. The highest BCUT2D eigenvalue weighted by Crippen LogP contribution is 2.35. The third-order valence-electron chi connectivity index (χ3n) is 4.34. The van der Waals surface area contributed by atoms with Crippen molar-refractivity contribution < 1.29 is 19.6 Å². The smallest absolute Gasteiger partial charge is 0.345 e. The zero-order chi connectivity index (χ0) is 20.3. The number of nitro groups is 1. The van der Waals surface area contributed by atoms with Gasteiger partial charge in [-0.1, -0.05) is 24.3 Å². The number of carboxylic acids is 1. The largest absolute Gasteiger partial charge is 0.501 e. The first-order valence-corrected chi connectivity index (χ1v) is 8.33. The van der Waals surface area contributed by atoms with Crippen molar-refractivity contribution in [3.05, 3.63) is 87.3 Å². The summed E-state index contributed by atoms with van der Waals surface area (Å²) < 4.78 is 5.34. The highest BCUT2D eigenvalue weighted by molar-refractivity contribution is 5.85. The average Bonchev–Trinajstić information content (AvgIpc) is 2.86. The van der Waals surface area contributed by atoms with Crippen LogP contribution in [0.2, 0.25) is 0 Å². The van der Waals surface area contributed by atoms with Crippen LogP contribution >= 0.6 is 0 Å². The van der Waals surface area contributed by atoms with Crippen LogP contribution in [0.4, 0.5) is 5.69 Å². The zero-order valence-corrected chi connectivity index (χ0v) is 15.2. The first kappa shape index (κ1) is 18.9. The number of carbonyl (C=O) groups is 1. The fourth-order valence-corrected chi connectivity index (χ4v) is 3.00. The Morgan fingerprint density at radius 3 is 2.64 bits per heavy atom. The number of benzene rings is 1. The SMILES string of the molecule is CO/C(C)=C(\C1=C([N+](=O)[O-])Nc2ccccc2C(C(=O)O)N1)c1cccnc1. The Bertz CT molecular complexity index is 985. The molecule has 2 heterocycles. The van der Waals surface area contributed by atoms with Gasteiger partial charge in [0.1, 0.15) is 17.1 Å². The molecule has 0 aliphatic carbocycles. The molecule has 1 aromatic heterocycles. The second-order valence-corrected chi connectivity index (χ2v) is 5.99. The summed E-state index contributed by atoms with van der Waals surface area (Å²) in [6.07, 6.45) is 3.10. The zero-order valence-electron chi connectivity index (χ0n) is 15.2. The van der Waals surface area contributed by atoms with Crippen LogP contribution in [0, 0.1) is 10.1 Å². The third kappa shape index (κ3) is 3.50. The minimum absolute atomic E-state index is 0.000880. The molecule has 1 aliphatic heterocycles. The number of methoxy groups -OCH3 is 1. The first-order valence-electron chi connectivity index (χ1n) is 8.33. The highest BCUT2D eigenvalue weighted by Gasteiger charge is 2.35. The average molecular weight is 382 g/mol. The minimum Gasteiger partial charge on any atom is -0.501 e. The molecule has 3 N–H and O–H groups in total. The van der Waals surface area contributed by atoms with Gasteiger partial charge in [0.25, 0.3) is 0 Å². The van der Waals surface area contributed by atoms with Crippen molar-refractivity contribution in [1.29, 1.82) is 0 Å². The number of para-hydroxylation sites is 1. The highest BCUT2D eigenvalue weighted by atomic mass is 16.6. The molecule has 1 atom stereocenters. The van der Waals surface area contributed by atoms with E-state index in [2.05, 4.69) is 15.6 Å². The Morgan fingerprint density at radius 1 is 1.29 bits per heavy atom. The lowest BCUT2D eigenvalue weighted by Crippen LogP contribution is -2.29. The molecule has 1 aromatic carbocycles. The number of hydrogen-bond donors (Lipinski definition) is 3. The number of aromatic nitrogens is 1. The molecule has 0 saturated carbocycles. The van der Waals surface area contributed by atoms with Crippen LogP contribution in [-0.2, 0) is 9.53 Å². The van der Waals surface area contributed by atoms with E-state index in [4.69, 9.17) is 4.74 Å². The number of aliphatic carboxylic acids is 1. The molecule has 9 heteroatoms. The van der Waals surface area contributed by atoms with Crippen molar-refractivity contribution in [1.82, 2.24) is 10.3 Å². The number of nitrogens with one attached hydrogen (secondary N) is 2. The number of carboxylic acid groups (broad SMARTS) is 1. The van der Waals surface area contributed by atoms with Crippen LogP contribution < -0.4 is 10.6 Å². The molecule has 1 aliphatic rings. The maximum Gasteiger partial charge on any atom is 0.345 e. The van der Waals surface area contributed by atoms with Crippen LogP contribution in [0.5, 0.6) is 0 Å². The van der Waals surface area contributed by atoms with Crippen LogP contribution in [-0.4, -0.2) is 28.1 Å². The van der Waals surface area contributed by atoms with E-state index in [0.717, 1.165) is 0 Å². The van der Waals surface area contributed by atoms with Gasteiger partial charge < -0.3 is 25.3 Å². The minimum atomic E-state index is -1.20. The van der Waals surface area contributed by atoms with E-state index >= 15 is 0 Å². The summed E-state index contributed by atoms with van der Waals surface area (Å²) in [5.41, 5.74) is 1.60. The molecule has 0 bridgehead atoms. The van der Waals surface area contributed by atoms with Gasteiger partial charge in [-0.3, -0.25) is 4.98 Å². The number of allylic oxidation sites excluding steroid dienone is 2. The molecule has 0 fully saturated rings. The van der Waals surface area contributed by atoms with Crippen molar-refractivity contribution in [3.8, 4) is 0 Å². The molecule has 0 amide bonds. The van der Waals surface area contributed by atoms with Gasteiger partial charge in [-0.2, -0.15) is 0 Å².